The van der Waals surface area contributed by atoms with Crippen molar-refractivity contribution in [3.63, 3.8) is 0 Å². The van der Waals surface area contributed by atoms with Crippen molar-refractivity contribution >= 4 is 28.1 Å². The number of rotatable bonds is 5. The van der Waals surface area contributed by atoms with Crippen LogP contribution in [0.15, 0.2) is 59.1 Å². The Morgan fingerprint density at radius 1 is 1.07 bits per heavy atom. The molecule has 1 heterocycles. The monoisotopic (exact) mass is 394 g/mol. The highest BCUT2D eigenvalue weighted by Gasteiger charge is 2.15. The minimum Gasteiger partial charge on any atom is -0.397 e. The van der Waals surface area contributed by atoms with Crippen LogP contribution in [-0.4, -0.2) is 16.0 Å². The van der Waals surface area contributed by atoms with Crippen LogP contribution in [0.25, 0.3) is 22.2 Å². The number of amides is 1. The molecule has 3 N–H and O–H groups in total. The van der Waals surface area contributed by atoms with E-state index >= 15 is 0 Å². The standard InChI is InChI=1S/C21H16F2N4O2/c22-15-10-16(23)20(17(24)11-15)26-19(28)8-7-18-25-21(29-27-18)14-6-5-12-3-1-2-4-13(12)9-14/h1-6,9-11H,7-8,24H2,(H,26,28). The zero-order chi connectivity index (χ0) is 20.4. The molecular formula is C21H16F2N4O2. The number of aryl methyl sites for hydroxylation is 1. The number of nitrogens with two attached hydrogens (primary N) is 1. The molecule has 0 unspecified atom stereocenters. The fourth-order valence-corrected chi connectivity index (χ4v) is 2.95. The smallest absolute Gasteiger partial charge is 0.257 e. The molecule has 0 spiro atoms. The number of anilines is 2. The van der Waals surface area contributed by atoms with E-state index in [1.165, 1.54) is 0 Å². The molecule has 6 nitrogen and oxygen atoms in total. The number of carbonyl (C=O) groups is 1. The number of fused-ring (bicyclic) bond motifs is 1. The Kier molecular flexibility index (Phi) is 4.90. The average Bonchev–Trinajstić information content (AvgIpc) is 3.18. The average molecular weight is 394 g/mol. The van der Waals surface area contributed by atoms with Gasteiger partial charge < -0.3 is 15.6 Å². The second kappa shape index (κ2) is 7.67. The zero-order valence-corrected chi connectivity index (χ0v) is 15.2. The lowest BCUT2D eigenvalue weighted by Gasteiger charge is -2.08. The van der Waals surface area contributed by atoms with E-state index in [2.05, 4.69) is 15.5 Å². The van der Waals surface area contributed by atoms with Crippen LogP contribution in [0.4, 0.5) is 20.2 Å². The first-order valence-electron chi connectivity index (χ1n) is 8.86. The van der Waals surface area contributed by atoms with E-state index in [0.29, 0.717) is 17.8 Å². The highest BCUT2D eigenvalue weighted by molar-refractivity contribution is 5.94. The van der Waals surface area contributed by atoms with Crippen LogP contribution in [-0.2, 0) is 11.2 Å². The van der Waals surface area contributed by atoms with Gasteiger partial charge in [-0.25, -0.2) is 8.78 Å². The van der Waals surface area contributed by atoms with Gasteiger partial charge in [-0.2, -0.15) is 4.98 Å². The Balaban J connectivity index is 1.42. The molecule has 0 atom stereocenters. The molecule has 3 aromatic carbocycles. The van der Waals surface area contributed by atoms with Gasteiger partial charge in [0.2, 0.25) is 5.91 Å². The summed E-state index contributed by atoms with van der Waals surface area (Å²) in [6.45, 7) is 0. The maximum atomic E-state index is 13.8. The van der Waals surface area contributed by atoms with E-state index in [-0.39, 0.29) is 24.2 Å². The van der Waals surface area contributed by atoms with E-state index in [1.807, 2.05) is 42.5 Å². The number of nitrogens with one attached hydrogen (secondary N) is 1. The molecule has 29 heavy (non-hydrogen) atoms. The third-order valence-corrected chi connectivity index (χ3v) is 4.39. The number of carbonyl (C=O) groups excluding carboxylic acids is 1. The summed E-state index contributed by atoms with van der Waals surface area (Å²) in [4.78, 5) is 16.4. The van der Waals surface area contributed by atoms with Crippen molar-refractivity contribution in [1.29, 1.82) is 0 Å². The normalized spacial score (nSPS) is 11.0. The van der Waals surface area contributed by atoms with E-state index in [0.717, 1.165) is 22.4 Å². The van der Waals surface area contributed by atoms with Gasteiger partial charge in [0.1, 0.15) is 11.5 Å². The molecule has 0 aliphatic heterocycles. The van der Waals surface area contributed by atoms with E-state index in [1.54, 1.807) is 0 Å². The summed E-state index contributed by atoms with van der Waals surface area (Å²) in [6, 6.07) is 15.3. The predicted molar refractivity (Wildman–Crippen MR) is 105 cm³/mol. The van der Waals surface area contributed by atoms with Crippen molar-refractivity contribution < 1.29 is 18.1 Å². The zero-order valence-electron chi connectivity index (χ0n) is 15.2. The third kappa shape index (κ3) is 4.06. The fourth-order valence-electron chi connectivity index (χ4n) is 2.95. The summed E-state index contributed by atoms with van der Waals surface area (Å²) in [5, 5.41) is 8.37. The molecule has 1 amide bonds. The van der Waals surface area contributed by atoms with Gasteiger partial charge in [0.15, 0.2) is 11.6 Å². The van der Waals surface area contributed by atoms with Crippen LogP contribution in [0, 0.1) is 11.6 Å². The second-order valence-electron chi connectivity index (χ2n) is 6.48. The molecule has 8 heteroatoms. The molecule has 0 radical (unpaired) electrons. The summed E-state index contributed by atoms with van der Waals surface area (Å²) < 4.78 is 32.1. The van der Waals surface area contributed by atoms with Gasteiger partial charge >= 0.3 is 0 Å². The Morgan fingerprint density at radius 2 is 1.86 bits per heavy atom. The van der Waals surface area contributed by atoms with Crippen molar-refractivity contribution in [2.45, 2.75) is 12.8 Å². The largest absolute Gasteiger partial charge is 0.397 e. The first kappa shape index (κ1) is 18.5. The van der Waals surface area contributed by atoms with Gasteiger partial charge in [-0.05, 0) is 29.0 Å². The number of nitrogen functional groups attached to an aromatic ring is 1. The van der Waals surface area contributed by atoms with Gasteiger partial charge in [0.05, 0.1) is 5.69 Å². The summed E-state index contributed by atoms with van der Waals surface area (Å²) >= 11 is 0. The summed E-state index contributed by atoms with van der Waals surface area (Å²) in [5.41, 5.74) is 5.89. The molecule has 4 rings (SSSR count). The maximum Gasteiger partial charge on any atom is 0.257 e. The van der Waals surface area contributed by atoms with Crippen LogP contribution >= 0.6 is 0 Å². The molecule has 0 bridgehead atoms. The quantitative estimate of drug-likeness (QED) is 0.492. The van der Waals surface area contributed by atoms with E-state index in [4.69, 9.17) is 10.3 Å². The SMILES string of the molecule is Nc1cc(F)cc(F)c1NC(=O)CCc1noc(-c2ccc3ccccc3c2)n1. The van der Waals surface area contributed by atoms with Gasteiger partial charge in [-0.3, -0.25) is 4.79 Å². The van der Waals surface area contributed by atoms with E-state index < -0.39 is 17.5 Å². The van der Waals surface area contributed by atoms with Crippen molar-refractivity contribution in [3.8, 4) is 11.5 Å². The molecular weight excluding hydrogens is 378 g/mol. The Bertz CT molecular complexity index is 1180. The second-order valence-corrected chi connectivity index (χ2v) is 6.48. The summed E-state index contributed by atoms with van der Waals surface area (Å²) in [7, 11) is 0. The molecule has 146 valence electrons. The lowest BCUT2D eigenvalue weighted by atomic mass is 10.1. The first-order valence-corrected chi connectivity index (χ1v) is 8.86. The molecule has 0 saturated heterocycles. The van der Waals surface area contributed by atoms with Crippen LogP contribution in [0.5, 0.6) is 0 Å². The highest BCUT2D eigenvalue weighted by atomic mass is 19.1. The van der Waals surface area contributed by atoms with Crippen molar-refractivity contribution in [3.05, 3.63) is 72.1 Å². The first-order chi connectivity index (χ1) is 14.0. The Labute approximate surface area is 164 Å². The molecule has 0 aliphatic rings. The number of hydrogen-bond donors (Lipinski definition) is 2. The lowest BCUT2D eigenvalue weighted by molar-refractivity contribution is -0.116. The molecule has 1 aromatic heterocycles. The van der Waals surface area contributed by atoms with E-state index in [9.17, 15) is 13.6 Å². The van der Waals surface area contributed by atoms with Gasteiger partial charge in [0.25, 0.3) is 5.89 Å². The van der Waals surface area contributed by atoms with Gasteiger partial charge in [-0.15, -0.1) is 0 Å². The number of halogens is 2. The van der Waals surface area contributed by atoms with Crippen molar-refractivity contribution in [2.24, 2.45) is 0 Å². The topological polar surface area (TPSA) is 94.0 Å². The van der Waals surface area contributed by atoms with Crippen molar-refractivity contribution in [2.75, 3.05) is 11.1 Å². The van der Waals surface area contributed by atoms with Gasteiger partial charge in [-0.1, -0.05) is 35.5 Å². The third-order valence-electron chi connectivity index (χ3n) is 4.39. The predicted octanol–water partition coefficient (Wildman–Crippen LogP) is 4.32. The molecule has 0 saturated carbocycles. The number of aromatic nitrogens is 2. The molecule has 0 fully saturated rings. The Morgan fingerprint density at radius 3 is 2.66 bits per heavy atom. The molecule has 4 aromatic rings. The van der Waals surface area contributed by atoms with Crippen LogP contribution in [0.2, 0.25) is 0 Å². The van der Waals surface area contributed by atoms with Gasteiger partial charge in [0, 0.05) is 24.5 Å². The summed E-state index contributed by atoms with van der Waals surface area (Å²) in [5.74, 6) is -1.56. The lowest BCUT2D eigenvalue weighted by Crippen LogP contribution is -2.15. The number of nitrogens with zero attached hydrogens (tertiary/aromatic N) is 2. The number of hydrogen-bond acceptors (Lipinski definition) is 5. The minimum absolute atomic E-state index is 0.0209. The number of benzene rings is 3. The van der Waals surface area contributed by atoms with Crippen LogP contribution in [0.3, 0.4) is 0 Å². The molecule has 0 aliphatic carbocycles. The fraction of sp³-hybridized carbons (Fsp3) is 0.0952. The van der Waals surface area contributed by atoms with Crippen molar-refractivity contribution in [1.82, 2.24) is 10.1 Å². The highest BCUT2D eigenvalue weighted by Crippen LogP contribution is 2.25. The van der Waals surface area contributed by atoms with Crippen LogP contribution < -0.4 is 11.1 Å². The summed E-state index contributed by atoms with van der Waals surface area (Å²) in [6.07, 6.45) is 0.165. The minimum atomic E-state index is -0.936. The Hall–Kier alpha value is -3.81. The maximum absolute atomic E-state index is 13.8. The van der Waals surface area contributed by atoms with Crippen LogP contribution in [0.1, 0.15) is 12.2 Å².